The van der Waals surface area contributed by atoms with Crippen molar-refractivity contribution >= 4 is 17.0 Å². The second-order valence-corrected chi connectivity index (χ2v) is 5.56. The van der Waals surface area contributed by atoms with E-state index in [9.17, 15) is 0 Å². The molecular formula is C14H14N4O2S. The van der Waals surface area contributed by atoms with Crippen molar-refractivity contribution in [3.8, 4) is 5.75 Å². The van der Waals surface area contributed by atoms with Crippen LogP contribution in [0.15, 0.2) is 34.2 Å². The first-order valence-corrected chi connectivity index (χ1v) is 7.28. The van der Waals surface area contributed by atoms with Gasteiger partial charge in [-0.25, -0.2) is 4.98 Å². The third-order valence-corrected chi connectivity index (χ3v) is 3.56. The van der Waals surface area contributed by atoms with Gasteiger partial charge in [-0.3, -0.25) is 0 Å². The summed E-state index contributed by atoms with van der Waals surface area (Å²) in [6.07, 6.45) is 0.562. The Labute approximate surface area is 125 Å². The summed E-state index contributed by atoms with van der Waals surface area (Å²) in [7, 11) is 0. The first kappa shape index (κ1) is 13.6. The molecule has 0 saturated heterocycles. The van der Waals surface area contributed by atoms with Crippen LogP contribution in [-0.4, -0.2) is 15.1 Å². The van der Waals surface area contributed by atoms with Gasteiger partial charge < -0.3 is 15.0 Å². The molecule has 0 unspecified atom stereocenters. The van der Waals surface area contributed by atoms with E-state index in [4.69, 9.17) is 15.0 Å². The maximum Gasteiger partial charge on any atom is 0.264 e. The highest BCUT2D eigenvalue weighted by atomic mass is 32.1. The summed E-state index contributed by atoms with van der Waals surface area (Å²) in [5, 5.41) is 6.95. The number of aryl methyl sites for hydroxylation is 1. The number of ether oxygens (including phenoxy) is 1. The Bertz CT molecular complexity index is 738. The van der Waals surface area contributed by atoms with Crippen LogP contribution in [0.4, 0.5) is 5.69 Å². The first-order chi connectivity index (χ1) is 10.2. The van der Waals surface area contributed by atoms with Crippen LogP contribution in [0, 0.1) is 6.92 Å². The predicted molar refractivity (Wildman–Crippen MR) is 79.1 cm³/mol. The average Bonchev–Trinajstić information content (AvgIpc) is 3.06. The summed E-state index contributed by atoms with van der Waals surface area (Å²) in [4.78, 5) is 8.65. The van der Waals surface area contributed by atoms with Crippen LogP contribution in [-0.2, 0) is 13.0 Å². The normalized spacial score (nSPS) is 10.7. The van der Waals surface area contributed by atoms with E-state index in [0.717, 1.165) is 10.7 Å². The summed E-state index contributed by atoms with van der Waals surface area (Å²) in [5.74, 6) is 1.70. The molecule has 0 radical (unpaired) electrons. The molecule has 21 heavy (non-hydrogen) atoms. The Morgan fingerprint density at radius 1 is 1.33 bits per heavy atom. The SMILES string of the molecule is Cc1nc(Cc2noc(COc3cccc(N)c3)n2)cs1. The van der Waals surface area contributed by atoms with Crippen LogP contribution in [0.1, 0.15) is 22.4 Å². The van der Waals surface area contributed by atoms with Crippen LogP contribution < -0.4 is 10.5 Å². The summed E-state index contributed by atoms with van der Waals surface area (Å²) >= 11 is 1.61. The number of nitrogens with zero attached hydrogens (tertiary/aromatic N) is 3. The molecule has 2 aromatic heterocycles. The molecule has 108 valence electrons. The fourth-order valence-electron chi connectivity index (χ4n) is 1.82. The zero-order chi connectivity index (χ0) is 14.7. The van der Waals surface area contributed by atoms with Gasteiger partial charge in [0, 0.05) is 17.1 Å². The minimum atomic E-state index is 0.215. The molecule has 1 aromatic carbocycles. The van der Waals surface area contributed by atoms with Crippen molar-refractivity contribution < 1.29 is 9.26 Å². The van der Waals surface area contributed by atoms with Gasteiger partial charge in [0.15, 0.2) is 12.4 Å². The Hall–Kier alpha value is -2.41. The highest BCUT2D eigenvalue weighted by Gasteiger charge is 2.09. The van der Waals surface area contributed by atoms with Gasteiger partial charge in [0.05, 0.1) is 17.1 Å². The fourth-order valence-corrected chi connectivity index (χ4v) is 2.43. The minimum absolute atomic E-state index is 0.215. The highest BCUT2D eigenvalue weighted by molar-refractivity contribution is 7.09. The summed E-state index contributed by atoms with van der Waals surface area (Å²) in [6, 6.07) is 7.20. The third kappa shape index (κ3) is 3.57. The average molecular weight is 302 g/mol. The van der Waals surface area contributed by atoms with E-state index in [2.05, 4.69) is 15.1 Å². The Morgan fingerprint density at radius 3 is 3.00 bits per heavy atom. The van der Waals surface area contributed by atoms with E-state index in [1.807, 2.05) is 24.4 Å². The number of hydrogen-bond donors (Lipinski definition) is 1. The Morgan fingerprint density at radius 2 is 2.24 bits per heavy atom. The minimum Gasteiger partial charge on any atom is -0.484 e. The van der Waals surface area contributed by atoms with E-state index in [-0.39, 0.29) is 6.61 Å². The fraction of sp³-hybridized carbons (Fsp3) is 0.214. The number of benzene rings is 1. The molecule has 2 heterocycles. The number of hydrogen-bond acceptors (Lipinski definition) is 7. The number of anilines is 1. The van der Waals surface area contributed by atoms with Crippen LogP contribution in [0.3, 0.4) is 0 Å². The molecule has 3 rings (SSSR count). The van der Waals surface area contributed by atoms with E-state index in [1.54, 1.807) is 23.5 Å². The van der Waals surface area contributed by atoms with Crippen molar-refractivity contribution in [2.24, 2.45) is 0 Å². The van der Waals surface area contributed by atoms with Crippen molar-refractivity contribution in [3.63, 3.8) is 0 Å². The van der Waals surface area contributed by atoms with E-state index in [1.165, 1.54) is 0 Å². The standard InChI is InChI=1S/C14H14N4O2S/c1-9-16-11(8-21-9)6-13-17-14(20-18-13)7-19-12-4-2-3-10(15)5-12/h2-5,8H,6-7,15H2,1H3. The smallest absolute Gasteiger partial charge is 0.264 e. The molecule has 0 bridgehead atoms. The molecule has 0 aliphatic heterocycles. The van der Waals surface area contributed by atoms with Gasteiger partial charge in [0.2, 0.25) is 0 Å². The van der Waals surface area contributed by atoms with Gasteiger partial charge >= 0.3 is 0 Å². The number of nitrogens with two attached hydrogens (primary N) is 1. The van der Waals surface area contributed by atoms with Crippen molar-refractivity contribution in [3.05, 3.63) is 52.1 Å². The quantitative estimate of drug-likeness (QED) is 0.729. The van der Waals surface area contributed by atoms with Gasteiger partial charge in [-0.1, -0.05) is 11.2 Å². The monoisotopic (exact) mass is 302 g/mol. The number of thiazole rings is 1. The molecule has 0 aliphatic rings. The maximum absolute atomic E-state index is 5.68. The third-order valence-electron chi connectivity index (χ3n) is 2.74. The molecule has 2 N–H and O–H groups in total. The van der Waals surface area contributed by atoms with Crippen molar-refractivity contribution in [1.82, 2.24) is 15.1 Å². The molecule has 3 aromatic rings. The lowest BCUT2D eigenvalue weighted by atomic mass is 10.3. The Balaban J connectivity index is 1.60. The van der Waals surface area contributed by atoms with Gasteiger partial charge in [-0.05, 0) is 19.1 Å². The molecule has 7 heteroatoms. The van der Waals surface area contributed by atoms with E-state index >= 15 is 0 Å². The molecule has 0 atom stereocenters. The molecular weight excluding hydrogens is 288 g/mol. The zero-order valence-corrected chi connectivity index (χ0v) is 12.3. The van der Waals surface area contributed by atoms with Gasteiger partial charge in [0.25, 0.3) is 5.89 Å². The Kier molecular flexibility index (Phi) is 3.83. The first-order valence-electron chi connectivity index (χ1n) is 6.40. The second kappa shape index (κ2) is 5.92. The van der Waals surface area contributed by atoms with Gasteiger partial charge in [0.1, 0.15) is 5.75 Å². The van der Waals surface area contributed by atoms with Crippen molar-refractivity contribution in [1.29, 1.82) is 0 Å². The van der Waals surface area contributed by atoms with Crippen LogP contribution in [0.2, 0.25) is 0 Å². The van der Waals surface area contributed by atoms with Crippen molar-refractivity contribution in [2.45, 2.75) is 20.0 Å². The highest BCUT2D eigenvalue weighted by Crippen LogP contribution is 2.16. The lowest BCUT2D eigenvalue weighted by molar-refractivity contribution is 0.242. The molecule has 6 nitrogen and oxygen atoms in total. The lowest BCUT2D eigenvalue weighted by Gasteiger charge is -2.03. The largest absolute Gasteiger partial charge is 0.484 e. The molecule has 0 amide bonds. The van der Waals surface area contributed by atoms with Crippen molar-refractivity contribution in [2.75, 3.05) is 5.73 Å². The zero-order valence-electron chi connectivity index (χ0n) is 11.4. The van der Waals surface area contributed by atoms with Gasteiger partial charge in [-0.15, -0.1) is 11.3 Å². The second-order valence-electron chi connectivity index (χ2n) is 4.50. The summed E-state index contributed by atoms with van der Waals surface area (Å²) in [5.41, 5.74) is 7.28. The molecule has 0 aliphatic carbocycles. The van der Waals surface area contributed by atoms with Crippen LogP contribution in [0.5, 0.6) is 5.75 Å². The van der Waals surface area contributed by atoms with E-state index < -0.39 is 0 Å². The molecule has 0 spiro atoms. The summed E-state index contributed by atoms with van der Waals surface area (Å²) < 4.78 is 10.7. The topological polar surface area (TPSA) is 87.1 Å². The number of rotatable bonds is 5. The predicted octanol–water partition coefficient (Wildman–Crippen LogP) is 2.59. The molecule has 0 fully saturated rings. The summed E-state index contributed by atoms with van der Waals surface area (Å²) in [6.45, 7) is 2.18. The van der Waals surface area contributed by atoms with Gasteiger partial charge in [-0.2, -0.15) is 4.98 Å². The van der Waals surface area contributed by atoms with Crippen LogP contribution >= 0.6 is 11.3 Å². The number of nitrogen functional groups attached to an aromatic ring is 1. The van der Waals surface area contributed by atoms with E-state index in [0.29, 0.717) is 29.6 Å². The number of aromatic nitrogens is 3. The maximum atomic E-state index is 5.68. The van der Waals surface area contributed by atoms with Crippen LogP contribution in [0.25, 0.3) is 0 Å². The lowest BCUT2D eigenvalue weighted by Crippen LogP contribution is -1.97. The molecule has 0 saturated carbocycles.